The molecule has 0 aliphatic heterocycles. The maximum absolute atomic E-state index is 11.3. The first kappa shape index (κ1) is 14.7. The molecule has 0 saturated heterocycles. The van der Waals surface area contributed by atoms with Gasteiger partial charge in [-0.1, -0.05) is 41.1 Å². The molecule has 0 aliphatic rings. The van der Waals surface area contributed by atoms with Gasteiger partial charge in [-0.15, -0.1) is 0 Å². The van der Waals surface area contributed by atoms with Gasteiger partial charge in [-0.3, -0.25) is 0 Å². The van der Waals surface area contributed by atoms with Gasteiger partial charge in [0.25, 0.3) is 0 Å². The highest BCUT2D eigenvalue weighted by atomic mass is 79.9. The van der Waals surface area contributed by atoms with Gasteiger partial charge in [0.15, 0.2) is 9.84 Å². The fourth-order valence-electron chi connectivity index (χ4n) is 1.51. The van der Waals surface area contributed by atoms with Gasteiger partial charge in [0.1, 0.15) is 0 Å². The van der Waals surface area contributed by atoms with Gasteiger partial charge < -0.3 is 5.32 Å². The number of benzene rings is 1. The zero-order chi connectivity index (χ0) is 12.9. The van der Waals surface area contributed by atoms with Crippen LogP contribution in [-0.4, -0.2) is 26.5 Å². The predicted octanol–water partition coefficient (Wildman–Crippen LogP) is 2.53. The van der Waals surface area contributed by atoms with Crippen molar-refractivity contribution in [1.29, 1.82) is 0 Å². The summed E-state index contributed by atoms with van der Waals surface area (Å²) < 4.78 is 23.7. The van der Waals surface area contributed by atoms with Crippen LogP contribution in [0.4, 0.5) is 0 Å². The average molecular weight is 320 g/mol. The normalized spacial score (nSPS) is 13.6. The molecule has 17 heavy (non-hydrogen) atoms. The van der Waals surface area contributed by atoms with Crippen molar-refractivity contribution in [1.82, 2.24) is 5.32 Å². The number of hydrogen-bond acceptors (Lipinski definition) is 3. The van der Waals surface area contributed by atoms with Crippen LogP contribution in [0.1, 0.15) is 25.5 Å². The van der Waals surface area contributed by atoms with Crippen LogP contribution >= 0.6 is 15.9 Å². The Morgan fingerprint density at radius 2 is 2.00 bits per heavy atom. The molecule has 0 fully saturated rings. The van der Waals surface area contributed by atoms with E-state index in [2.05, 4.69) is 21.2 Å². The van der Waals surface area contributed by atoms with Gasteiger partial charge >= 0.3 is 0 Å². The summed E-state index contributed by atoms with van der Waals surface area (Å²) in [6, 6.07) is 8.08. The van der Waals surface area contributed by atoms with Crippen LogP contribution in [0, 0.1) is 0 Å². The number of rotatable bonds is 6. The zero-order valence-corrected chi connectivity index (χ0v) is 12.5. The van der Waals surface area contributed by atoms with Crippen LogP contribution in [0.3, 0.4) is 0 Å². The van der Waals surface area contributed by atoms with E-state index < -0.39 is 9.84 Å². The molecular weight excluding hydrogens is 302 g/mol. The van der Waals surface area contributed by atoms with Gasteiger partial charge in [-0.05, 0) is 18.6 Å². The summed E-state index contributed by atoms with van der Waals surface area (Å²) in [5, 5.41) is 3.22. The second-order valence-electron chi connectivity index (χ2n) is 3.93. The molecule has 1 atom stereocenters. The lowest BCUT2D eigenvalue weighted by atomic mass is 10.1. The predicted molar refractivity (Wildman–Crippen MR) is 74.9 cm³/mol. The van der Waals surface area contributed by atoms with Crippen LogP contribution in [0.5, 0.6) is 0 Å². The molecule has 1 unspecified atom stereocenters. The Bertz CT molecular complexity index is 459. The summed E-state index contributed by atoms with van der Waals surface area (Å²) in [6.45, 7) is 4.18. The summed E-state index contributed by atoms with van der Waals surface area (Å²) in [6.07, 6.45) is 0. The highest BCUT2D eigenvalue weighted by molar-refractivity contribution is 9.10. The Balaban J connectivity index is 2.51. The molecule has 0 bridgehead atoms. The minimum Gasteiger partial charge on any atom is -0.309 e. The summed E-state index contributed by atoms with van der Waals surface area (Å²) in [5.74, 6) is 0.399. The first-order chi connectivity index (χ1) is 7.96. The minimum absolute atomic E-state index is 0.137. The maximum atomic E-state index is 11.3. The third-order valence-electron chi connectivity index (χ3n) is 2.68. The first-order valence-electron chi connectivity index (χ1n) is 5.64. The highest BCUT2D eigenvalue weighted by Crippen LogP contribution is 2.22. The van der Waals surface area contributed by atoms with Crippen LogP contribution in [0.25, 0.3) is 0 Å². The van der Waals surface area contributed by atoms with Crippen LogP contribution in [-0.2, 0) is 9.84 Å². The van der Waals surface area contributed by atoms with Crippen molar-refractivity contribution in [2.75, 3.05) is 18.1 Å². The van der Waals surface area contributed by atoms with Crippen LogP contribution in [0.15, 0.2) is 28.7 Å². The standard InChI is InChI=1S/C12H18BrNO2S/c1-3-17(15,16)9-8-14-10(2)11-6-4-5-7-12(11)13/h4-7,10,14H,3,8-9H2,1-2H3. The molecule has 0 radical (unpaired) electrons. The van der Waals surface area contributed by atoms with Crippen molar-refractivity contribution in [2.24, 2.45) is 0 Å². The summed E-state index contributed by atoms with van der Waals surface area (Å²) in [7, 11) is -2.88. The second-order valence-corrected chi connectivity index (χ2v) is 7.26. The Kier molecular flexibility index (Phi) is 5.62. The largest absolute Gasteiger partial charge is 0.309 e. The molecule has 1 aromatic rings. The molecule has 1 aromatic carbocycles. The van der Waals surface area contributed by atoms with Gasteiger partial charge in [0, 0.05) is 22.8 Å². The molecule has 0 heterocycles. The number of nitrogens with one attached hydrogen (secondary N) is 1. The minimum atomic E-state index is -2.88. The molecule has 1 rings (SSSR count). The van der Waals surface area contributed by atoms with Crippen molar-refractivity contribution in [3.63, 3.8) is 0 Å². The SMILES string of the molecule is CCS(=O)(=O)CCNC(C)c1ccccc1Br. The first-order valence-corrected chi connectivity index (χ1v) is 8.26. The van der Waals surface area contributed by atoms with E-state index in [0.717, 1.165) is 10.0 Å². The summed E-state index contributed by atoms with van der Waals surface area (Å²) in [4.78, 5) is 0. The highest BCUT2D eigenvalue weighted by Gasteiger charge is 2.10. The quantitative estimate of drug-likeness (QED) is 0.876. The lowest BCUT2D eigenvalue weighted by Crippen LogP contribution is -2.26. The smallest absolute Gasteiger partial charge is 0.151 e. The molecule has 96 valence electrons. The zero-order valence-electron chi connectivity index (χ0n) is 10.1. The third-order valence-corrected chi connectivity index (χ3v) is 5.10. The number of sulfone groups is 1. The molecule has 0 aliphatic carbocycles. The lowest BCUT2D eigenvalue weighted by Gasteiger charge is -2.15. The van der Waals surface area contributed by atoms with Crippen LogP contribution < -0.4 is 5.32 Å². The molecule has 5 heteroatoms. The van der Waals surface area contributed by atoms with E-state index in [1.807, 2.05) is 31.2 Å². The Morgan fingerprint density at radius 3 is 2.59 bits per heavy atom. The van der Waals surface area contributed by atoms with Crippen molar-refractivity contribution >= 4 is 25.8 Å². The van der Waals surface area contributed by atoms with Crippen molar-refractivity contribution in [2.45, 2.75) is 19.9 Å². The van der Waals surface area contributed by atoms with Crippen molar-refractivity contribution in [3.05, 3.63) is 34.3 Å². The average Bonchev–Trinajstić information content (AvgIpc) is 2.29. The van der Waals surface area contributed by atoms with Gasteiger partial charge in [-0.25, -0.2) is 8.42 Å². The van der Waals surface area contributed by atoms with Gasteiger partial charge in [-0.2, -0.15) is 0 Å². The van der Waals surface area contributed by atoms with Crippen molar-refractivity contribution < 1.29 is 8.42 Å². The molecule has 3 nitrogen and oxygen atoms in total. The van der Waals surface area contributed by atoms with E-state index in [0.29, 0.717) is 6.54 Å². The monoisotopic (exact) mass is 319 g/mol. The summed E-state index contributed by atoms with van der Waals surface area (Å²) in [5.41, 5.74) is 1.14. The molecule has 0 aromatic heterocycles. The Morgan fingerprint density at radius 1 is 1.35 bits per heavy atom. The lowest BCUT2D eigenvalue weighted by molar-refractivity contribution is 0.572. The van der Waals surface area contributed by atoms with Gasteiger partial charge in [0.05, 0.1) is 5.75 Å². The molecule has 0 spiro atoms. The van der Waals surface area contributed by atoms with E-state index in [1.54, 1.807) is 6.92 Å². The summed E-state index contributed by atoms with van der Waals surface area (Å²) >= 11 is 3.48. The maximum Gasteiger partial charge on any atom is 0.151 e. The van der Waals surface area contributed by atoms with Crippen molar-refractivity contribution in [3.8, 4) is 0 Å². The molecule has 1 N–H and O–H groups in total. The fraction of sp³-hybridized carbons (Fsp3) is 0.500. The Hall–Kier alpha value is -0.390. The molecular formula is C12H18BrNO2S. The molecule has 0 amide bonds. The fourth-order valence-corrected chi connectivity index (χ4v) is 2.86. The number of halogens is 1. The number of hydrogen-bond donors (Lipinski definition) is 1. The Labute approximate surface area is 112 Å². The van der Waals surface area contributed by atoms with E-state index >= 15 is 0 Å². The van der Waals surface area contributed by atoms with Crippen LogP contribution in [0.2, 0.25) is 0 Å². The topological polar surface area (TPSA) is 46.2 Å². The molecule has 0 saturated carbocycles. The third kappa shape index (κ3) is 4.77. The van der Waals surface area contributed by atoms with E-state index in [-0.39, 0.29) is 17.5 Å². The van der Waals surface area contributed by atoms with E-state index in [9.17, 15) is 8.42 Å². The van der Waals surface area contributed by atoms with E-state index in [4.69, 9.17) is 0 Å². The van der Waals surface area contributed by atoms with Gasteiger partial charge in [0.2, 0.25) is 0 Å². The second kappa shape index (κ2) is 6.52. The van der Waals surface area contributed by atoms with E-state index in [1.165, 1.54) is 0 Å².